The number of hydrogen-bond acceptors (Lipinski definition) is 2. The Morgan fingerprint density at radius 3 is 2.87 bits per heavy atom. The lowest BCUT2D eigenvalue weighted by Crippen LogP contribution is -2.52. The summed E-state index contributed by atoms with van der Waals surface area (Å²) in [7, 11) is 0. The van der Waals surface area contributed by atoms with Gasteiger partial charge in [0.05, 0.1) is 0 Å². The maximum atomic E-state index is 11.8. The van der Waals surface area contributed by atoms with Crippen LogP contribution in [-0.4, -0.2) is 16.5 Å². The molecule has 0 aromatic carbocycles. The van der Waals surface area contributed by atoms with E-state index < -0.39 is 5.60 Å². The van der Waals surface area contributed by atoms with Gasteiger partial charge in [-0.3, -0.25) is 4.79 Å². The summed E-state index contributed by atoms with van der Waals surface area (Å²) in [5.74, 6) is 5.59. The highest BCUT2D eigenvalue weighted by Crippen LogP contribution is 2.65. The molecule has 124 valence electrons. The average molecular weight is 312 g/mol. The Hall–Kier alpha value is -1.07. The predicted octanol–water partition coefficient (Wildman–Crippen LogP) is 3.88. The number of fused-ring (bicyclic) bond motifs is 5. The van der Waals surface area contributed by atoms with Gasteiger partial charge in [0.2, 0.25) is 0 Å². The van der Waals surface area contributed by atoms with Crippen LogP contribution in [0.5, 0.6) is 0 Å². The Morgan fingerprint density at radius 2 is 2.13 bits per heavy atom. The third kappa shape index (κ3) is 1.96. The van der Waals surface area contributed by atoms with E-state index >= 15 is 0 Å². The van der Waals surface area contributed by atoms with Crippen molar-refractivity contribution in [3.63, 3.8) is 0 Å². The Morgan fingerprint density at radius 1 is 1.30 bits per heavy atom. The van der Waals surface area contributed by atoms with Gasteiger partial charge in [-0.05, 0) is 68.6 Å². The first-order valence-electron chi connectivity index (χ1n) is 9.46. The van der Waals surface area contributed by atoms with Crippen LogP contribution in [0.1, 0.15) is 64.7 Å². The Labute approximate surface area is 139 Å². The highest BCUT2D eigenvalue weighted by molar-refractivity contribution is 5.82. The van der Waals surface area contributed by atoms with E-state index in [1.807, 2.05) is 0 Å². The van der Waals surface area contributed by atoms with Crippen molar-refractivity contribution in [1.29, 1.82) is 0 Å². The molecule has 0 spiro atoms. The van der Waals surface area contributed by atoms with Crippen molar-refractivity contribution < 1.29 is 9.90 Å². The van der Waals surface area contributed by atoms with E-state index in [2.05, 4.69) is 18.9 Å². The molecule has 0 amide bonds. The van der Waals surface area contributed by atoms with Crippen molar-refractivity contribution in [1.82, 2.24) is 0 Å². The van der Waals surface area contributed by atoms with Crippen LogP contribution in [0.2, 0.25) is 0 Å². The van der Waals surface area contributed by atoms with Gasteiger partial charge in [-0.25, -0.2) is 0 Å². The number of hydrogen-bond donors (Lipinski definition) is 1. The van der Waals surface area contributed by atoms with E-state index in [1.54, 1.807) is 5.57 Å². The van der Waals surface area contributed by atoms with Gasteiger partial charge in [-0.15, -0.1) is 6.42 Å². The van der Waals surface area contributed by atoms with E-state index in [9.17, 15) is 9.90 Å². The molecule has 6 atom stereocenters. The summed E-state index contributed by atoms with van der Waals surface area (Å²) >= 11 is 0. The number of carbonyl (C=O) groups excluding carboxylic acids is 1. The molecular formula is C21H28O2. The van der Waals surface area contributed by atoms with Crippen molar-refractivity contribution >= 4 is 5.78 Å². The summed E-state index contributed by atoms with van der Waals surface area (Å²) in [6, 6.07) is 0. The van der Waals surface area contributed by atoms with Crippen LogP contribution in [-0.2, 0) is 4.79 Å². The molecule has 23 heavy (non-hydrogen) atoms. The second kappa shape index (κ2) is 5.21. The quantitative estimate of drug-likeness (QED) is 0.589. The molecule has 0 unspecified atom stereocenters. The molecule has 0 aliphatic heterocycles. The first-order chi connectivity index (χ1) is 11.0. The number of terminal acetylenes is 1. The topological polar surface area (TPSA) is 37.3 Å². The highest BCUT2D eigenvalue weighted by atomic mass is 16.3. The molecule has 4 aliphatic rings. The molecule has 0 bridgehead atoms. The summed E-state index contributed by atoms with van der Waals surface area (Å²) in [4.78, 5) is 11.8. The van der Waals surface area contributed by atoms with Gasteiger partial charge in [0.1, 0.15) is 11.4 Å². The molecule has 4 aliphatic carbocycles. The second-order valence-electron chi connectivity index (χ2n) is 8.39. The van der Waals surface area contributed by atoms with E-state index in [1.165, 1.54) is 6.42 Å². The maximum absolute atomic E-state index is 11.8. The summed E-state index contributed by atoms with van der Waals surface area (Å²) < 4.78 is 0. The third-order valence-electron chi connectivity index (χ3n) is 7.94. The minimum Gasteiger partial charge on any atom is -0.377 e. The van der Waals surface area contributed by atoms with Crippen molar-refractivity contribution in [3.05, 3.63) is 11.6 Å². The second-order valence-corrected chi connectivity index (χ2v) is 8.39. The van der Waals surface area contributed by atoms with Crippen molar-refractivity contribution in [2.45, 2.75) is 70.3 Å². The lowest BCUT2D eigenvalue weighted by atomic mass is 9.50. The van der Waals surface area contributed by atoms with Crippen molar-refractivity contribution in [2.24, 2.45) is 29.1 Å². The third-order valence-corrected chi connectivity index (χ3v) is 7.94. The number of rotatable bonds is 1. The van der Waals surface area contributed by atoms with Crippen LogP contribution < -0.4 is 0 Å². The van der Waals surface area contributed by atoms with Crippen LogP contribution in [0, 0.1) is 41.4 Å². The molecular weight excluding hydrogens is 284 g/mol. The molecule has 0 aromatic heterocycles. The van der Waals surface area contributed by atoms with E-state index in [-0.39, 0.29) is 5.41 Å². The SMILES string of the molecule is C#C[C@]1(O)CC[C@H]2[C@@H]3CC[C@H]4CC(=O)CC=C4[C@H]3CC[C@]21CC. The van der Waals surface area contributed by atoms with Crippen LogP contribution in [0.15, 0.2) is 11.6 Å². The molecule has 2 nitrogen and oxygen atoms in total. The number of allylic oxidation sites excluding steroid dienone is 2. The number of ketones is 1. The largest absolute Gasteiger partial charge is 0.377 e. The fourth-order valence-electron chi connectivity index (χ4n) is 6.87. The smallest absolute Gasteiger partial charge is 0.137 e. The van der Waals surface area contributed by atoms with Gasteiger partial charge in [0, 0.05) is 18.3 Å². The molecule has 2 heteroatoms. The monoisotopic (exact) mass is 312 g/mol. The highest BCUT2D eigenvalue weighted by Gasteiger charge is 2.63. The first kappa shape index (κ1) is 15.5. The van der Waals surface area contributed by atoms with E-state index in [4.69, 9.17) is 6.42 Å². The Bertz CT molecular complexity index is 597. The standard InChI is InChI=1S/C21H28O2/c1-3-20-11-9-17-16-8-6-15(22)13-14(16)5-7-18(17)19(20)10-12-21(20,23)4-2/h2,8,14,17-19,23H,3,5-7,9-13H2,1H3/t14-,17+,18+,19-,20+,21-/m0/s1. The lowest BCUT2D eigenvalue weighted by molar-refractivity contribution is -0.120. The minimum atomic E-state index is -0.898. The summed E-state index contributed by atoms with van der Waals surface area (Å²) in [6.07, 6.45) is 16.9. The number of carbonyl (C=O) groups is 1. The molecule has 0 heterocycles. The van der Waals surface area contributed by atoms with Gasteiger partial charge in [0.25, 0.3) is 0 Å². The fourth-order valence-corrected chi connectivity index (χ4v) is 6.87. The van der Waals surface area contributed by atoms with Gasteiger partial charge in [-0.2, -0.15) is 0 Å². The Kier molecular flexibility index (Phi) is 3.50. The Balaban J connectivity index is 1.68. The first-order valence-corrected chi connectivity index (χ1v) is 9.46. The zero-order chi connectivity index (χ0) is 16.2. The van der Waals surface area contributed by atoms with Gasteiger partial charge >= 0.3 is 0 Å². The van der Waals surface area contributed by atoms with Gasteiger partial charge in [-0.1, -0.05) is 24.5 Å². The summed E-state index contributed by atoms with van der Waals surface area (Å²) in [5.41, 5.74) is 0.619. The molecule has 0 radical (unpaired) electrons. The van der Waals surface area contributed by atoms with Crippen LogP contribution >= 0.6 is 0 Å². The molecule has 3 saturated carbocycles. The van der Waals surface area contributed by atoms with Crippen molar-refractivity contribution in [3.8, 4) is 12.3 Å². The van der Waals surface area contributed by atoms with Gasteiger partial charge < -0.3 is 5.11 Å². The molecule has 4 rings (SSSR count). The fraction of sp³-hybridized carbons (Fsp3) is 0.762. The van der Waals surface area contributed by atoms with Crippen molar-refractivity contribution in [2.75, 3.05) is 0 Å². The van der Waals surface area contributed by atoms with Crippen LogP contribution in [0.4, 0.5) is 0 Å². The van der Waals surface area contributed by atoms with E-state index in [0.29, 0.717) is 35.9 Å². The lowest BCUT2D eigenvalue weighted by Gasteiger charge is -2.55. The van der Waals surface area contributed by atoms with Crippen LogP contribution in [0.3, 0.4) is 0 Å². The molecule has 1 N–H and O–H groups in total. The maximum Gasteiger partial charge on any atom is 0.137 e. The zero-order valence-electron chi connectivity index (χ0n) is 14.2. The van der Waals surface area contributed by atoms with E-state index in [0.717, 1.165) is 44.9 Å². The minimum absolute atomic E-state index is 0.0687. The number of Topliss-reactive ketones (excluding diaryl/α,β-unsaturated/α-hetero) is 1. The molecule has 0 saturated heterocycles. The normalized spacial score (nSPS) is 48.7. The molecule has 3 fully saturated rings. The van der Waals surface area contributed by atoms with Crippen LogP contribution in [0.25, 0.3) is 0 Å². The zero-order valence-corrected chi connectivity index (χ0v) is 14.2. The molecule has 0 aromatic rings. The predicted molar refractivity (Wildman–Crippen MR) is 90.5 cm³/mol. The summed E-state index contributed by atoms with van der Waals surface area (Å²) in [5, 5.41) is 11.1. The van der Waals surface area contributed by atoms with Gasteiger partial charge in [0.15, 0.2) is 0 Å². The average Bonchev–Trinajstić information content (AvgIpc) is 2.88. The number of aliphatic hydroxyl groups is 1. The summed E-state index contributed by atoms with van der Waals surface area (Å²) in [6.45, 7) is 2.21.